The molecule has 0 aliphatic heterocycles. The van der Waals surface area contributed by atoms with Crippen molar-refractivity contribution in [3.8, 4) is 0 Å². The third kappa shape index (κ3) is 2.65. The van der Waals surface area contributed by atoms with Crippen LogP contribution in [0.1, 0.15) is 36.8 Å². The molecular formula is C13H22N2S. The lowest BCUT2D eigenvalue weighted by molar-refractivity contribution is 0.290. The highest BCUT2D eigenvalue weighted by Gasteiger charge is 2.31. The molecule has 1 aliphatic rings. The zero-order valence-corrected chi connectivity index (χ0v) is 10.9. The molecule has 0 saturated heterocycles. The number of nitrogens with two attached hydrogens (primary N) is 1. The fourth-order valence-corrected chi connectivity index (χ4v) is 3.47. The van der Waals surface area contributed by atoms with Gasteiger partial charge in [-0.2, -0.15) is 11.3 Å². The molecule has 0 aromatic carbocycles. The Bertz CT molecular complexity index is 326. The molecule has 16 heavy (non-hydrogen) atoms. The molecule has 1 fully saturated rings. The molecule has 3 N–H and O–H groups in total. The topological polar surface area (TPSA) is 38.0 Å². The average Bonchev–Trinajstić information content (AvgIpc) is 2.90. The summed E-state index contributed by atoms with van der Waals surface area (Å²) in [4.78, 5) is 0. The van der Waals surface area contributed by atoms with Gasteiger partial charge in [0.25, 0.3) is 0 Å². The molecule has 0 unspecified atom stereocenters. The van der Waals surface area contributed by atoms with Crippen LogP contribution in [0.25, 0.3) is 0 Å². The van der Waals surface area contributed by atoms with Gasteiger partial charge in [0, 0.05) is 13.1 Å². The average molecular weight is 238 g/mol. The number of thiophene rings is 1. The van der Waals surface area contributed by atoms with Gasteiger partial charge in [-0.15, -0.1) is 0 Å². The summed E-state index contributed by atoms with van der Waals surface area (Å²) in [6.45, 7) is 5.10. The number of aryl methyl sites for hydroxylation is 1. The van der Waals surface area contributed by atoms with E-state index in [0.717, 1.165) is 19.6 Å². The molecule has 0 radical (unpaired) electrons. The van der Waals surface area contributed by atoms with Crippen LogP contribution in [0.3, 0.4) is 0 Å². The van der Waals surface area contributed by atoms with Crippen LogP contribution in [0.2, 0.25) is 0 Å². The van der Waals surface area contributed by atoms with Gasteiger partial charge in [0.2, 0.25) is 0 Å². The summed E-state index contributed by atoms with van der Waals surface area (Å²) in [5.41, 5.74) is 9.16. The van der Waals surface area contributed by atoms with E-state index in [4.69, 9.17) is 5.73 Å². The van der Waals surface area contributed by atoms with E-state index in [-0.39, 0.29) is 0 Å². The molecule has 1 saturated carbocycles. The Morgan fingerprint density at radius 3 is 2.69 bits per heavy atom. The highest BCUT2D eigenvalue weighted by molar-refractivity contribution is 7.08. The summed E-state index contributed by atoms with van der Waals surface area (Å²) in [7, 11) is 0. The van der Waals surface area contributed by atoms with Crippen molar-refractivity contribution in [3.05, 3.63) is 21.9 Å². The second-order valence-corrected chi connectivity index (χ2v) is 5.84. The monoisotopic (exact) mass is 238 g/mol. The zero-order valence-electron chi connectivity index (χ0n) is 10.1. The van der Waals surface area contributed by atoms with Crippen molar-refractivity contribution >= 4 is 11.3 Å². The largest absolute Gasteiger partial charge is 0.330 e. The van der Waals surface area contributed by atoms with Crippen molar-refractivity contribution in [3.63, 3.8) is 0 Å². The second kappa shape index (κ2) is 5.30. The standard InChI is InChI=1S/C13H22N2S/c1-11-7-16-8-12(11)6-15-10-13(9-14)4-2-3-5-13/h7-8,15H,2-6,9-10,14H2,1H3. The summed E-state index contributed by atoms with van der Waals surface area (Å²) in [6.07, 6.45) is 5.32. The van der Waals surface area contributed by atoms with E-state index >= 15 is 0 Å². The number of rotatable bonds is 5. The highest BCUT2D eigenvalue weighted by atomic mass is 32.1. The van der Waals surface area contributed by atoms with Crippen LogP contribution < -0.4 is 11.1 Å². The predicted molar refractivity (Wildman–Crippen MR) is 70.7 cm³/mol. The van der Waals surface area contributed by atoms with Gasteiger partial charge in [-0.3, -0.25) is 0 Å². The van der Waals surface area contributed by atoms with E-state index in [1.807, 2.05) is 0 Å². The first-order chi connectivity index (χ1) is 7.76. The smallest absolute Gasteiger partial charge is 0.0216 e. The molecule has 0 spiro atoms. The third-order valence-electron chi connectivity index (χ3n) is 3.87. The number of hydrogen-bond donors (Lipinski definition) is 2. The van der Waals surface area contributed by atoms with E-state index in [9.17, 15) is 0 Å². The van der Waals surface area contributed by atoms with Crippen LogP contribution in [0, 0.1) is 12.3 Å². The summed E-state index contributed by atoms with van der Waals surface area (Å²) >= 11 is 1.79. The Balaban J connectivity index is 1.81. The van der Waals surface area contributed by atoms with Crippen molar-refractivity contribution in [1.29, 1.82) is 0 Å². The van der Waals surface area contributed by atoms with Crippen LogP contribution in [0.15, 0.2) is 10.8 Å². The fraction of sp³-hybridized carbons (Fsp3) is 0.692. The number of nitrogens with one attached hydrogen (secondary N) is 1. The van der Waals surface area contributed by atoms with E-state index in [1.54, 1.807) is 11.3 Å². The Hall–Kier alpha value is -0.380. The maximum Gasteiger partial charge on any atom is 0.0216 e. The molecule has 2 nitrogen and oxygen atoms in total. The van der Waals surface area contributed by atoms with Crippen LogP contribution in [0.5, 0.6) is 0 Å². The van der Waals surface area contributed by atoms with Crippen molar-refractivity contribution < 1.29 is 0 Å². The molecule has 0 bridgehead atoms. The van der Waals surface area contributed by atoms with Gasteiger partial charge in [0.05, 0.1) is 0 Å². The molecule has 1 aliphatic carbocycles. The van der Waals surface area contributed by atoms with E-state index in [0.29, 0.717) is 5.41 Å². The normalized spacial score (nSPS) is 19.1. The molecule has 3 heteroatoms. The fourth-order valence-electron chi connectivity index (χ4n) is 2.61. The lowest BCUT2D eigenvalue weighted by Gasteiger charge is -2.27. The minimum Gasteiger partial charge on any atom is -0.330 e. The van der Waals surface area contributed by atoms with Crippen LogP contribution >= 0.6 is 11.3 Å². The minimum absolute atomic E-state index is 0.393. The Morgan fingerprint density at radius 1 is 1.38 bits per heavy atom. The molecule has 1 aromatic rings. The van der Waals surface area contributed by atoms with E-state index in [1.165, 1.54) is 36.8 Å². The number of hydrogen-bond acceptors (Lipinski definition) is 3. The highest BCUT2D eigenvalue weighted by Crippen LogP contribution is 2.36. The second-order valence-electron chi connectivity index (χ2n) is 5.09. The molecule has 1 aromatic heterocycles. The molecular weight excluding hydrogens is 216 g/mol. The van der Waals surface area contributed by atoms with Gasteiger partial charge in [0.15, 0.2) is 0 Å². The van der Waals surface area contributed by atoms with Gasteiger partial charge in [-0.1, -0.05) is 12.8 Å². The minimum atomic E-state index is 0.393. The quantitative estimate of drug-likeness (QED) is 0.827. The zero-order chi connectivity index (χ0) is 11.4. The summed E-state index contributed by atoms with van der Waals surface area (Å²) in [5.74, 6) is 0. The van der Waals surface area contributed by atoms with Gasteiger partial charge in [0.1, 0.15) is 0 Å². The van der Waals surface area contributed by atoms with Crippen molar-refractivity contribution in [2.24, 2.45) is 11.1 Å². The SMILES string of the molecule is Cc1cscc1CNCC1(CN)CCCC1. The van der Waals surface area contributed by atoms with Gasteiger partial charge >= 0.3 is 0 Å². The van der Waals surface area contributed by atoms with Crippen molar-refractivity contribution in [2.75, 3.05) is 13.1 Å². The summed E-state index contributed by atoms with van der Waals surface area (Å²) in [5, 5.41) is 8.04. The molecule has 0 amide bonds. The van der Waals surface area contributed by atoms with Crippen LogP contribution in [-0.4, -0.2) is 13.1 Å². The first-order valence-corrected chi connectivity index (χ1v) is 7.12. The Labute approximate surface area is 102 Å². The Morgan fingerprint density at radius 2 is 2.12 bits per heavy atom. The molecule has 1 heterocycles. The third-order valence-corrected chi connectivity index (χ3v) is 4.78. The van der Waals surface area contributed by atoms with E-state index < -0.39 is 0 Å². The van der Waals surface area contributed by atoms with Crippen LogP contribution in [-0.2, 0) is 6.54 Å². The van der Waals surface area contributed by atoms with E-state index in [2.05, 4.69) is 23.0 Å². The lowest BCUT2D eigenvalue weighted by Crippen LogP contribution is -2.38. The van der Waals surface area contributed by atoms with Gasteiger partial charge < -0.3 is 11.1 Å². The first kappa shape index (κ1) is 12.1. The van der Waals surface area contributed by atoms with Crippen molar-refractivity contribution in [1.82, 2.24) is 5.32 Å². The predicted octanol–water partition coefficient (Wildman–Crippen LogP) is 2.67. The van der Waals surface area contributed by atoms with Gasteiger partial charge in [-0.25, -0.2) is 0 Å². The van der Waals surface area contributed by atoms with Gasteiger partial charge in [-0.05, 0) is 53.6 Å². The summed E-state index contributed by atoms with van der Waals surface area (Å²) in [6, 6.07) is 0. The summed E-state index contributed by atoms with van der Waals surface area (Å²) < 4.78 is 0. The maximum absolute atomic E-state index is 5.92. The Kier molecular flexibility index (Phi) is 4.00. The van der Waals surface area contributed by atoms with Crippen molar-refractivity contribution in [2.45, 2.75) is 39.2 Å². The maximum atomic E-state index is 5.92. The molecule has 2 rings (SSSR count). The molecule has 0 atom stereocenters. The first-order valence-electron chi connectivity index (χ1n) is 6.18. The van der Waals surface area contributed by atoms with Crippen LogP contribution in [0.4, 0.5) is 0 Å². The lowest BCUT2D eigenvalue weighted by atomic mass is 9.86. The molecule has 90 valence electrons.